The highest BCUT2D eigenvalue weighted by Crippen LogP contribution is 2.38. The summed E-state index contributed by atoms with van der Waals surface area (Å²) in [6.07, 6.45) is 4.94. The van der Waals surface area contributed by atoms with Crippen LogP contribution in [-0.4, -0.2) is 26.1 Å². The lowest BCUT2D eigenvalue weighted by atomic mass is 10.2. The number of thioether (sulfide) groups is 1. The summed E-state index contributed by atoms with van der Waals surface area (Å²) in [5, 5.41) is 3.53. The van der Waals surface area contributed by atoms with Crippen LogP contribution in [-0.2, 0) is 10.0 Å². The van der Waals surface area contributed by atoms with Crippen molar-refractivity contribution in [3.8, 4) is 0 Å². The summed E-state index contributed by atoms with van der Waals surface area (Å²) < 4.78 is 26.8. The molecule has 2 N–H and O–H groups in total. The average molecular weight is 405 g/mol. The first-order valence-corrected chi connectivity index (χ1v) is 11.5. The summed E-state index contributed by atoms with van der Waals surface area (Å²) in [6, 6.07) is 13.8. The summed E-state index contributed by atoms with van der Waals surface area (Å²) in [7, 11) is -3.60. The van der Waals surface area contributed by atoms with E-state index in [0.717, 1.165) is 10.6 Å². The number of hydrogen-bond acceptors (Lipinski definition) is 4. The number of amides is 1. The fraction of sp³-hybridized carbons (Fsp3) is 0.350. The maximum Gasteiger partial charge on any atom is 0.255 e. The molecule has 0 radical (unpaired) electrons. The van der Waals surface area contributed by atoms with Gasteiger partial charge in [-0.15, -0.1) is 11.8 Å². The third kappa shape index (κ3) is 5.12. The first-order valence-electron chi connectivity index (χ1n) is 9.16. The molecule has 2 aromatic carbocycles. The Morgan fingerprint density at radius 1 is 1.11 bits per heavy atom. The lowest BCUT2D eigenvalue weighted by Gasteiger charge is -2.14. The number of para-hydroxylation sites is 1. The van der Waals surface area contributed by atoms with Gasteiger partial charge in [-0.05, 0) is 43.2 Å². The molecule has 2 aromatic rings. The van der Waals surface area contributed by atoms with Gasteiger partial charge in [0.05, 0.1) is 10.6 Å². The van der Waals surface area contributed by atoms with E-state index in [4.69, 9.17) is 0 Å². The number of carbonyl (C=O) groups is 1. The zero-order chi connectivity index (χ0) is 19.3. The summed E-state index contributed by atoms with van der Waals surface area (Å²) in [5.74, 6) is -0.317. The quantitative estimate of drug-likeness (QED) is 0.723. The van der Waals surface area contributed by atoms with Crippen LogP contribution >= 0.6 is 11.8 Å². The minimum atomic E-state index is -3.60. The molecule has 0 atom stereocenters. The smallest absolute Gasteiger partial charge is 0.255 e. The van der Waals surface area contributed by atoms with Crippen LogP contribution < -0.4 is 10.0 Å². The predicted octanol–water partition coefficient (Wildman–Crippen LogP) is 4.27. The molecule has 3 rings (SSSR count). The van der Waals surface area contributed by atoms with Crippen molar-refractivity contribution in [2.24, 2.45) is 0 Å². The number of anilines is 1. The van der Waals surface area contributed by atoms with E-state index in [2.05, 4.69) is 10.0 Å². The van der Waals surface area contributed by atoms with Crippen molar-refractivity contribution < 1.29 is 13.2 Å². The van der Waals surface area contributed by atoms with Crippen LogP contribution in [0.5, 0.6) is 0 Å². The van der Waals surface area contributed by atoms with E-state index in [1.165, 1.54) is 37.8 Å². The van der Waals surface area contributed by atoms with Gasteiger partial charge < -0.3 is 5.32 Å². The molecule has 0 bridgehead atoms. The molecular formula is C20H24N2O3S2. The van der Waals surface area contributed by atoms with Gasteiger partial charge in [0, 0.05) is 22.3 Å². The Balaban J connectivity index is 1.78. The van der Waals surface area contributed by atoms with Crippen molar-refractivity contribution >= 4 is 33.4 Å². The van der Waals surface area contributed by atoms with Crippen LogP contribution in [0.4, 0.5) is 5.69 Å². The Bertz CT molecular complexity index is 907. The Kier molecular flexibility index (Phi) is 6.57. The maximum atomic E-state index is 12.7. The Hall–Kier alpha value is -1.83. The highest BCUT2D eigenvalue weighted by atomic mass is 32.2. The van der Waals surface area contributed by atoms with Gasteiger partial charge in [-0.25, -0.2) is 13.1 Å². The van der Waals surface area contributed by atoms with Crippen molar-refractivity contribution in [2.45, 2.75) is 47.6 Å². The monoisotopic (exact) mass is 404 g/mol. The molecule has 1 saturated carbocycles. The standard InChI is InChI=1S/C20H24N2O3S2/c1-2-21-27(24,25)17-11-7-8-15(14-17)20(23)22-18-12-5-6-13-19(18)26-16-9-3-4-10-16/h5-8,11-14,16,21H,2-4,9-10H2,1H3,(H,22,23). The SMILES string of the molecule is CCNS(=O)(=O)c1cccc(C(=O)Nc2ccccc2SC2CCCC2)c1. The minimum Gasteiger partial charge on any atom is -0.321 e. The van der Waals surface area contributed by atoms with E-state index in [-0.39, 0.29) is 10.8 Å². The van der Waals surface area contributed by atoms with Crippen LogP contribution in [0.1, 0.15) is 43.0 Å². The molecule has 7 heteroatoms. The Morgan fingerprint density at radius 2 is 1.85 bits per heavy atom. The summed E-state index contributed by atoms with van der Waals surface area (Å²) in [6.45, 7) is 2.01. The first kappa shape index (κ1) is 19.9. The molecule has 27 heavy (non-hydrogen) atoms. The minimum absolute atomic E-state index is 0.0885. The number of benzene rings is 2. The maximum absolute atomic E-state index is 12.7. The third-order valence-electron chi connectivity index (χ3n) is 4.47. The fourth-order valence-corrected chi connectivity index (χ4v) is 5.55. The van der Waals surface area contributed by atoms with Gasteiger partial charge in [0.1, 0.15) is 0 Å². The van der Waals surface area contributed by atoms with E-state index in [0.29, 0.717) is 17.4 Å². The molecule has 0 saturated heterocycles. The van der Waals surface area contributed by atoms with Crippen LogP contribution in [0.2, 0.25) is 0 Å². The molecule has 0 unspecified atom stereocenters. The molecule has 1 fully saturated rings. The molecule has 5 nitrogen and oxygen atoms in total. The zero-order valence-electron chi connectivity index (χ0n) is 15.3. The van der Waals surface area contributed by atoms with Gasteiger partial charge in [-0.2, -0.15) is 0 Å². The summed E-state index contributed by atoms with van der Waals surface area (Å²) >= 11 is 1.81. The van der Waals surface area contributed by atoms with Crippen LogP contribution in [0, 0.1) is 0 Å². The summed E-state index contributed by atoms with van der Waals surface area (Å²) in [5.41, 5.74) is 1.08. The van der Waals surface area contributed by atoms with Crippen LogP contribution in [0.15, 0.2) is 58.3 Å². The van der Waals surface area contributed by atoms with Crippen LogP contribution in [0.3, 0.4) is 0 Å². The number of nitrogens with one attached hydrogen (secondary N) is 2. The molecule has 144 valence electrons. The normalized spacial score (nSPS) is 15.0. The molecular weight excluding hydrogens is 380 g/mol. The van der Waals surface area contributed by atoms with Gasteiger partial charge >= 0.3 is 0 Å². The molecule has 1 aliphatic carbocycles. The van der Waals surface area contributed by atoms with Crippen LogP contribution in [0.25, 0.3) is 0 Å². The molecule has 0 aliphatic heterocycles. The van der Waals surface area contributed by atoms with E-state index in [1.807, 2.05) is 36.0 Å². The van der Waals surface area contributed by atoms with Gasteiger partial charge in [0.15, 0.2) is 0 Å². The van der Waals surface area contributed by atoms with Crippen molar-refractivity contribution in [1.82, 2.24) is 4.72 Å². The predicted molar refractivity (Wildman–Crippen MR) is 110 cm³/mol. The molecule has 0 heterocycles. The number of hydrogen-bond donors (Lipinski definition) is 2. The highest BCUT2D eigenvalue weighted by Gasteiger charge is 2.19. The topological polar surface area (TPSA) is 75.3 Å². The second-order valence-corrected chi connectivity index (χ2v) is 9.61. The second kappa shape index (κ2) is 8.91. The van der Waals surface area contributed by atoms with Gasteiger partial charge in [-0.3, -0.25) is 4.79 Å². The van der Waals surface area contributed by atoms with E-state index in [1.54, 1.807) is 19.1 Å². The fourth-order valence-electron chi connectivity index (χ4n) is 3.13. The molecule has 0 aromatic heterocycles. The zero-order valence-corrected chi connectivity index (χ0v) is 16.9. The van der Waals surface area contributed by atoms with E-state index in [9.17, 15) is 13.2 Å². The number of carbonyl (C=O) groups excluding carboxylic acids is 1. The highest BCUT2D eigenvalue weighted by molar-refractivity contribution is 8.00. The van der Waals surface area contributed by atoms with E-state index >= 15 is 0 Å². The Morgan fingerprint density at radius 3 is 2.59 bits per heavy atom. The van der Waals surface area contributed by atoms with Crippen molar-refractivity contribution in [3.05, 3.63) is 54.1 Å². The molecule has 1 aliphatic rings. The first-order chi connectivity index (χ1) is 13.0. The molecule has 1 amide bonds. The molecule has 0 spiro atoms. The van der Waals surface area contributed by atoms with Crippen molar-refractivity contribution in [2.75, 3.05) is 11.9 Å². The van der Waals surface area contributed by atoms with Gasteiger partial charge in [0.25, 0.3) is 5.91 Å². The van der Waals surface area contributed by atoms with E-state index < -0.39 is 10.0 Å². The van der Waals surface area contributed by atoms with Crippen molar-refractivity contribution in [1.29, 1.82) is 0 Å². The lowest BCUT2D eigenvalue weighted by Crippen LogP contribution is -2.23. The lowest BCUT2D eigenvalue weighted by molar-refractivity contribution is 0.102. The second-order valence-electron chi connectivity index (χ2n) is 6.50. The number of rotatable bonds is 7. The van der Waals surface area contributed by atoms with Gasteiger partial charge in [-0.1, -0.05) is 38.0 Å². The average Bonchev–Trinajstić information content (AvgIpc) is 3.16. The Labute approximate surface area is 165 Å². The third-order valence-corrected chi connectivity index (χ3v) is 7.43. The van der Waals surface area contributed by atoms with Crippen molar-refractivity contribution in [3.63, 3.8) is 0 Å². The summed E-state index contributed by atoms with van der Waals surface area (Å²) in [4.78, 5) is 13.8. The number of sulfonamides is 1. The largest absolute Gasteiger partial charge is 0.321 e. The van der Waals surface area contributed by atoms with Gasteiger partial charge in [0.2, 0.25) is 10.0 Å².